The summed E-state index contributed by atoms with van der Waals surface area (Å²) in [6.45, 7) is 0. The van der Waals surface area contributed by atoms with Gasteiger partial charge in [-0.25, -0.2) is 0 Å². The van der Waals surface area contributed by atoms with Gasteiger partial charge in [0.2, 0.25) is 0 Å². The van der Waals surface area contributed by atoms with Crippen molar-refractivity contribution in [2.24, 2.45) is 0 Å². The highest BCUT2D eigenvalue weighted by atomic mass is 15.0. The van der Waals surface area contributed by atoms with Gasteiger partial charge in [-0.1, -0.05) is 103 Å². The van der Waals surface area contributed by atoms with E-state index in [1.807, 2.05) is 0 Å². The number of nitrogens with zero attached hydrogens (tertiary/aromatic N) is 2. The predicted molar refractivity (Wildman–Crippen MR) is 178 cm³/mol. The maximum absolute atomic E-state index is 2.39. The van der Waals surface area contributed by atoms with Gasteiger partial charge < -0.3 is 9.13 Å². The summed E-state index contributed by atoms with van der Waals surface area (Å²) in [6, 6.07) is 57.1. The van der Waals surface area contributed by atoms with Gasteiger partial charge >= 0.3 is 0 Å². The minimum atomic E-state index is 1.18. The Kier molecular flexibility index (Phi) is 4.93. The van der Waals surface area contributed by atoms with E-state index in [-0.39, 0.29) is 0 Å². The van der Waals surface area contributed by atoms with Crippen LogP contribution in [0.4, 0.5) is 0 Å². The molecule has 9 rings (SSSR count). The van der Waals surface area contributed by atoms with Gasteiger partial charge in [0.25, 0.3) is 0 Å². The fraction of sp³-hybridized carbons (Fsp3) is 0. The number of benzene rings is 7. The van der Waals surface area contributed by atoms with Crippen LogP contribution in [0.1, 0.15) is 0 Å². The molecule has 9 aromatic rings. The summed E-state index contributed by atoms with van der Waals surface area (Å²) < 4.78 is 4.76. The smallest absolute Gasteiger partial charge is 0.0547 e. The zero-order valence-electron chi connectivity index (χ0n) is 22.9. The van der Waals surface area contributed by atoms with Crippen molar-refractivity contribution in [3.63, 3.8) is 0 Å². The number of hydrogen-bond donors (Lipinski definition) is 0. The number of para-hydroxylation sites is 4. The maximum atomic E-state index is 2.39. The highest BCUT2D eigenvalue weighted by Crippen LogP contribution is 2.41. The molecule has 2 nitrogen and oxygen atoms in total. The van der Waals surface area contributed by atoms with Gasteiger partial charge in [-0.05, 0) is 76.5 Å². The fourth-order valence-electron chi connectivity index (χ4n) is 6.93. The first kappa shape index (κ1) is 23.1. The Morgan fingerprint density at radius 3 is 1.60 bits per heavy atom. The van der Waals surface area contributed by atoms with Crippen molar-refractivity contribution in [1.82, 2.24) is 9.13 Å². The minimum absolute atomic E-state index is 1.18. The number of hydrogen-bond acceptors (Lipinski definition) is 0. The molecule has 0 spiro atoms. The molecular weight excluding hydrogens is 508 g/mol. The van der Waals surface area contributed by atoms with Crippen molar-refractivity contribution < 1.29 is 0 Å². The molecule has 196 valence electrons. The van der Waals surface area contributed by atoms with Crippen LogP contribution in [0.25, 0.3) is 76.9 Å². The first-order chi connectivity index (χ1) is 20.9. The van der Waals surface area contributed by atoms with E-state index >= 15 is 0 Å². The van der Waals surface area contributed by atoms with Crippen molar-refractivity contribution in [1.29, 1.82) is 0 Å². The maximum Gasteiger partial charge on any atom is 0.0547 e. The van der Waals surface area contributed by atoms with Gasteiger partial charge in [0.05, 0.1) is 22.1 Å². The van der Waals surface area contributed by atoms with E-state index in [4.69, 9.17) is 0 Å². The zero-order chi connectivity index (χ0) is 27.6. The second kappa shape index (κ2) is 8.95. The van der Waals surface area contributed by atoms with E-state index in [9.17, 15) is 0 Å². The van der Waals surface area contributed by atoms with Crippen LogP contribution >= 0.6 is 0 Å². The molecule has 0 bridgehead atoms. The van der Waals surface area contributed by atoms with E-state index in [0.717, 1.165) is 0 Å². The largest absolute Gasteiger partial charge is 0.309 e. The lowest BCUT2D eigenvalue weighted by Crippen LogP contribution is -1.93. The molecule has 0 saturated heterocycles. The number of fused-ring (bicyclic) bond motifs is 8. The van der Waals surface area contributed by atoms with Crippen LogP contribution in [0.15, 0.2) is 158 Å². The molecule has 0 saturated carbocycles. The normalized spacial score (nSPS) is 11.8. The second-order valence-corrected chi connectivity index (χ2v) is 11.0. The Bertz CT molecular complexity index is 2440. The van der Waals surface area contributed by atoms with Crippen molar-refractivity contribution in [2.45, 2.75) is 0 Å². The summed E-state index contributed by atoms with van der Waals surface area (Å²) in [5.41, 5.74) is 9.75. The molecule has 42 heavy (non-hydrogen) atoms. The third-order valence-corrected chi connectivity index (χ3v) is 8.71. The molecular formula is C40H26N2. The Balaban J connectivity index is 1.32. The Hall–Kier alpha value is -5.60. The number of rotatable bonds is 3. The molecule has 0 N–H and O–H groups in total. The lowest BCUT2D eigenvalue weighted by Gasteiger charge is -2.11. The molecule has 2 heterocycles. The summed E-state index contributed by atoms with van der Waals surface area (Å²) in [4.78, 5) is 0. The molecule has 0 radical (unpaired) electrons. The highest BCUT2D eigenvalue weighted by molar-refractivity contribution is 6.23. The first-order valence-electron chi connectivity index (χ1n) is 14.5. The topological polar surface area (TPSA) is 9.86 Å². The molecule has 2 heteroatoms. The molecule has 0 aliphatic rings. The van der Waals surface area contributed by atoms with Crippen molar-refractivity contribution in [2.75, 3.05) is 0 Å². The van der Waals surface area contributed by atoms with Crippen LogP contribution in [0.2, 0.25) is 0 Å². The number of aromatic nitrogens is 2. The van der Waals surface area contributed by atoms with E-state index in [1.165, 1.54) is 76.9 Å². The van der Waals surface area contributed by atoms with E-state index in [2.05, 4.69) is 167 Å². The van der Waals surface area contributed by atoms with Gasteiger partial charge in [0.1, 0.15) is 0 Å². The standard InChI is InChI=1S/C40H26N2/c1-3-12-28(13-4-1)41-36-20-9-7-16-32(36)35-26-27(22-24-38(35)41)30-18-11-19-33-31(30)23-25-39-40(33)34-17-8-10-21-37(34)42(39)29-14-5-2-6-15-29/h1-26H. The third kappa shape index (κ3) is 3.27. The second-order valence-electron chi connectivity index (χ2n) is 11.0. The summed E-state index contributed by atoms with van der Waals surface area (Å²) >= 11 is 0. The van der Waals surface area contributed by atoms with Gasteiger partial charge in [-0.2, -0.15) is 0 Å². The van der Waals surface area contributed by atoms with E-state index in [0.29, 0.717) is 0 Å². The zero-order valence-corrected chi connectivity index (χ0v) is 22.9. The molecule has 0 atom stereocenters. The predicted octanol–water partition coefficient (Wildman–Crippen LogP) is 10.7. The molecule has 0 fully saturated rings. The van der Waals surface area contributed by atoms with Crippen LogP contribution in [0.3, 0.4) is 0 Å². The van der Waals surface area contributed by atoms with Gasteiger partial charge in [0, 0.05) is 32.9 Å². The van der Waals surface area contributed by atoms with Crippen molar-refractivity contribution >= 4 is 54.4 Å². The minimum Gasteiger partial charge on any atom is -0.309 e. The summed E-state index contributed by atoms with van der Waals surface area (Å²) in [5, 5.41) is 7.67. The lowest BCUT2D eigenvalue weighted by molar-refractivity contribution is 1.18. The summed E-state index contributed by atoms with van der Waals surface area (Å²) in [6.07, 6.45) is 0. The van der Waals surface area contributed by atoms with Crippen LogP contribution in [-0.4, -0.2) is 9.13 Å². The molecule has 0 unspecified atom stereocenters. The van der Waals surface area contributed by atoms with Crippen LogP contribution in [0, 0.1) is 0 Å². The quantitative estimate of drug-likeness (QED) is 0.213. The summed E-state index contributed by atoms with van der Waals surface area (Å²) in [5.74, 6) is 0. The molecule has 7 aromatic carbocycles. The van der Waals surface area contributed by atoms with Gasteiger partial charge in [0.15, 0.2) is 0 Å². The first-order valence-corrected chi connectivity index (χ1v) is 14.5. The Morgan fingerprint density at radius 2 is 0.857 bits per heavy atom. The molecule has 0 aliphatic carbocycles. The van der Waals surface area contributed by atoms with Crippen molar-refractivity contribution in [3.8, 4) is 22.5 Å². The van der Waals surface area contributed by atoms with Crippen molar-refractivity contribution in [3.05, 3.63) is 158 Å². The highest BCUT2D eigenvalue weighted by Gasteiger charge is 2.17. The van der Waals surface area contributed by atoms with Crippen LogP contribution in [0.5, 0.6) is 0 Å². The lowest BCUT2D eigenvalue weighted by atomic mass is 9.94. The molecule has 0 amide bonds. The van der Waals surface area contributed by atoms with Crippen LogP contribution in [-0.2, 0) is 0 Å². The van der Waals surface area contributed by atoms with Gasteiger partial charge in [-0.15, -0.1) is 0 Å². The van der Waals surface area contributed by atoms with E-state index < -0.39 is 0 Å². The molecule has 2 aromatic heterocycles. The third-order valence-electron chi connectivity index (χ3n) is 8.71. The molecule has 0 aliphatic heterocycles. The summed E-state index contributed by atoms with van der Waals surface area (Å²) in [7, 11) is 0. The SMILES string of the molecule is c1ccc(-n2c3ccccc3c3cc(-c4cccc5c4ccc4c5c5ccccc5n4-c4ccccc4)ccc32)cc1. The van der Waals surface area contributed by atoms with E-state index in [1.54, 1.807) is 0 Å². The average Bonchev–Trinajstić information content (AvgIpc) is 3.58. The van der Waals surface area contributed by atoms with Crippen LogP contribution < -0.4 is 0 Å². The fourth-order valence-corrected chi connectivity index (χ4v) is 6.93. The Labute approximate surface area is 243 Å². The van der Waals surface area contributed by atoms with Gasteiger partial charge in [-0.3, -0.25) is 0 Å². The Morgan fingerprint density at radius 1 is 0.310 bits per heavy atom. The monoisotopic (exact) mass is 534 g/mol. The average molecular weight is 535 g/mol.